The van der Waals surface area contributed by atoms with Crippen molar-refractivity contribution in [3.63, 3.8) is 0 Å². The van der Waals surface area contributed by atoms with Gasteiger partial charge < -0.3 is 15.3 Å². The Labute approximate surface area is 133 Å². The van der Waals surface area contributed by atoms with Crippen molar-refractivity contribution < 1.29 is 14.3 Å². The molecule has 0 spiro atoms. The van der Waals surface area contributed by atoms with Crippen LogP contribution in [-0.4, -0.2) is 51.8 Å². The minimum absolute atomic E-state index is 0.0622. The maximum atomic E-state index is 13.0. The van der Waals surface area contributed by atoms with Crippen molar-refractivity contribution in [2.24, 2.45) is 0 Å². The Hall–Kier alpha value is -2.25. The van der Waals surface area contributed by atoms with Crippen LogP contribution in [0, 0.1) is 5.82 Å². The molecular formula is C16H19FN4O2. The molecule has 1 fully saturated rings. The summed E-state index contributed by atoms with van der Waals surface area (Å²) >= 11 is 0. The second-order valence-electron chi connectivity index (χ2n) is 5.82. The summed E-state index contributed by atoms with van der Waals surface area (Å²) in [5, 5.41) is 19.5. The summed E-state index contributed by atoms with van der Waals surface area (Å²) in [5.74, 6) is -0.360. The maximum Gasteiger partial charge on any atom is 0.239 e. The highest BCUT2D eigenvalue weighted by molar-refractivity contribution is 5.82. The molecule has 1 aliphatic heterocycles. The third kappa shape index (κ3) is 3.40. The van der Waals surface area contributed by atoms with Crippen molar-refractivity contribution in [1.82, 2.24) is 20.4 Å². The van der Waals surface area contributed by atoms with Gasteiger partial charge in [-0.2, -0.15) is 5.10 Å². The third-order valence-electron chi connectivity index (χ3n) is 4.04. The SMILES string of the molecule is CN(Cc1cn[nH]c1-c1ccc(F)cc1)C(=O)[C@@H]1C[C@@H](O)CN1. The van der Waals surface area contributed by atoms with Gasteiger partial charge >= 0.3 is 0 Å². The van der Waals surface area contributed by atoms with Crippen molar-refractivity contribution in [1.29, 1.82) is 0 Å². The second kappa shape index (κ2) is 6.47. The number of H-pyrrole nitrogens is 1. The molecule has 0 bridgehead atoms. The number of carbonyl (C=O) groups excluding carboxylic acids is 1. The quantitative estimate of drug-likeness (QED) is 0.782. The average Bonchev–Trinajstić information content (AvgIpc) is 3.16. The number of halogens is 1. The highest BCUT2D eigenvalue weighted by Gasteiger charge is 2.30. The number of rotatable bonds is 4. The molecule has 1 aromatic heterocycles. The van der Waals surface area contributed by atoms with Gasteiger partial charge in [-0.25, -0.2) is 4.39 Å². The van der Waals surface area contributed by atoms with E-state index in [-0.39, 0.29) is 17.8 Å². The van der Waals surface area contributed by atoms with E-state index in [1.807, 2.05) is 0 Å². The number of aliphatic hydroxyl groups excluding tert-OH is 1. The molecule has 2 aromatic rings. The Balaban J connectivity index is 1.72. The van der Waals surface area contributed by atoms with E-state index < -0.39 is 6.10 Å². The lowest BCUT2D eigenvalue weighted by Crippen LogP contribution is -2.41. The largest absolute Gasteiger partial charge is 0.392 e. The number of β-amino-alcohol motifs (C(OH)–C–C–N with tert-alkyl or cyclic N) is 1. The summed E-state index contributed by atoms with van der Waals surface area (Å²) in [6, 6.07) is 5.76. The van der Waals surface area contributed by atoms with Crippen LogP contribution in [-0.2, 0) is 11.3 Å². The van der Waals surface area contributed by atoms with Crippen LogP contribution < -0.4 is 5.32 Å². The number of nitrogens with zero attached hydrogens (tertiary/aromatic N) is 2. The molecule has 1 aromatic carbocycles. The predicted molar refractivity (Wildman–Crippen MR) is 82.9 cm³/mol. The first kappa shape index (κ1) is 15.6. The average molecular weight is 318 g/mol. The molecule has 1 aliphatic rings. The molecule has 0 aliphatic carbocycles. The smallest absolute Gasteiger partial charge is 0.239 e. The van der Waals surface area contributed by atoms with Crippen LogP contribution in [0.3, 0.4) is 0 Å². The van der Waals surface area contributed by atoms with Gasteiger partial charge in [-0.3, -0.25) is 9.89 Å². The highest BCUT2D eigenvalue weighted by atomic mass is 19.1. The first-order chi connectivity index (χ1) is 11.0. The highest BCUT2D eigenvalue weighted by Crippen LogP contribution is 2.22. The fraction of sp³-hybridized carbons (Fsp3) is 0.375. The standard InChI is InChI=1S/C16H19FN4O2/c1-21(16(23)14-6-13(22)8-18-14)9-11-7-19-20-15(11)10-2-4-12(17)5-3-10/h2-5,7,13-14,18,22H,6,8-9H2,1H3,(H,19,20)/t13-,14+/m1/s1. The molecule has 122 valence electrons. The van der Waals surface area contributed by atoms with E-state index in [9.17, 15) is 14.3 Å². The van der Waals surface area contributed by atoms with Crippen molar-refractivity contribution in [2.75, 3.05) is 13.6 Å². The fourth-order valence-corrected chi connectivity index (χ4v) is 2.80. The molecule has 0 radical (unpaired) electrons. The van der Waals surface area contributed by atoms with E-state index in [1.165, 1.54) is 12.1 Å². The maximum absolute atomic E-state index is 13.0. The van der Waals surface area contributed by atoms with Gasteiger partial charge in [-0.1, -0.05) is 0 Å². The van der Waals surface area contributed by atoms with Crippen molar-refractivity contribution >= 4 is 5.91 Å². The Kier molecular flexibility index (Phi) is 4.40. The molecule has 6 nitrogen and oxygen atoms in total. The number of likely N-dealkylation sites (N-methyl/N-ethyl adjacent to an activating group) is 1. The summed E-state index contributed by atoms with van der Waals surface area (Å²) in [4.78, 5) is 14.0. The topological polar surface area (TPSA) is 81.2 Å². The molecule has 1 saturated heterocycles. The van der Waals surface area contributed by atoms with Crippen LogP contribution in [0.5, 0.6) is 0 Å². The summed E-state index contributed by atoms with van der Waals surface area (Å²) in [6.07, 6.45) is 1.62. The van der Waals surface area contributed by atoms with Gasteiger partial charge in [-0.05, 0) is 30.7 Å². The second-order valence-corrected chi connectivity index (χ2v) is 5.82. The van der Waals surface area contributed by atoms with Crippen LogP contribution in [0.25, 0.3) is 11.3 Å². The van der Waals surface area contributed by atoms with E-state index in [4.69, 9.17) is 0 Å². The number of aromatic nitrogens is 2. The van der Waals surface area contributed by atoms with E-state index in [0.717, 1.165) is 16.8 Å². The van der Waals surface area contributed by atoms with Crippen LogP contribution in [0.2, 0.25) is 0 Å². The van der Waals surface area contributed by atoms with E-state index in [1.54, 1.807) is 30.3 Å². The fourth-order valence-electron chi connectivity index (χ4n) is 2.80. The van der Waals surface area contributed by atoms with Gasteiger partial charge in [-0.15, -0.1) is 0 Å². The summed E-state index contributed by atoms with van der Waals surface area (Å²) in [6.45, 7) is 0.826. The molecule has 2 atom stereocenters. The molecule has 3 N–H and O–H groups in total. The van der Waals surface area contributed by atoms with Gasteiger partial charge in [0.05, 0.1) is 24.0 Å². The molecular weight excluding hydrogens is 299 g/mol. The minimum atomic E-state index is -0.471. The number of hydrogen-bond acceptors (Lipinski definition) is 4. The lowest BCUT2D eigenvalue weighted by Gasteiger charge is -2.21. The molecule has 0 saturated carbocycles. The van der Waals surface area contributed by atoms with Crippen molar-refractivity contribution in [3.05, 3.63) is 41.8 Å². The van der Waals surface area contributed by atoms with Crippen LogP contribution >= 0.6 is 0 Å². The number of benzene rings is 1. The lowest BCUT2D eigenvalue weighted by molar-refractivity contribution is -0.132. The van der Waals surface area contributed by atoms with Crippen molar-refractivity contribution in [2.45, 2.75) is 25.1 Å². The Morgan fingerprint density at radius 1 is 1.43 bits per heavy atom. The Bertz CT molecular complexity index is 686. The normalized spacial score (nSPS) is 20.7. The number of amides is 1. The summed E-state index contributed by atoms with van der Waals surface area (Å²) in [7, 11) is 1.72. The summed E-state index contributed by atoms with van der Waals surface area (Å²) in [5.41, 5.74) is 2.43. The monoisotopic (exact) mass is 318 g/mol. The molecule has 2 heterocycles. The Morgan fingerprint density at radius 2 is 2.17 bits per heavy atom. The van der Waals surface area contributed by atoms with Gasteiger partial charge in [0, 0.05) is 31.3 Å². The van der Waals surface area contributed by atoms with Gasteiger partial charge in [0.1, 0.15) is 5.82 Å². The third-order valence-corrected chi connectivity index (χ3v) is 4.04. The van der Waals surface area contributed by atoms with E-state index in [0.29, 0.717) is 19.5 Å². The molecule has 0 unspecified atom stereocenters. The number of carbonyl (C=O) groups is 1. The van der Waals surface area contributed by atoms with Crippen molar-refractivity contribution in [3.8, 4) is 11.3 Å². The first-order valence-electron chi connectivity index (χ1n) is 7.49. The minimum Gasteiger partial charge on any atom is -0.392 e. The Morgan fingerprint density at radius 3 is 2.83 bits per heavy atom. The molecule has 23 heavy (non-hydrogen) atoms. The van der Waals surface area contributed by atoms with E-state index >= 15 is 0 Å². The zero-order valence-electron chi connectivity index (χ0n) is 12.8. The number of nitrogens with one attached hydrogen (secondary N) is 2. The number of aliphatic hydroxyl groups is 1. The van der Waals surface area contributed by atoms with Gasteiger partial charge in [0.2, 0.25) is 5.91 Å². The first-order valence-corrected chi connectivity index (χ1v) is 7.49. The zero-order chi connectivity index (χ0) is 16.4. The van der Waals surface area contributed by atoms with Gasteiger partial charge in [0.25, 0.3) is 0 Å². The lowest BCUT2D eigenvalue weighted by atomic mass is 10.1. The predicted octanol–water partition coefficient (Wildman–Crippen LogP) is 0.897. The molecule has 3 rings (SSSR count). The summed E-state index contributed by atoms with van der Waals surface area (Å²) < 4.78 is 13.0. The van der Waals surface area contributed by atoms with E-state index in [2.05, 4.69) is 15.5 Å². The van der Waals surface area contributed by atoms with Gasteiger partial charge in [0.15, 0.2) is 0 Å². The zero-order valence-corrected chi connectivity index (χ0v) is 12.8. The van der Waals surface area contributed by atoms with Crippen LogP contribution in [0.4, 0.5) is 4.39 Å². The molecule has 7 heteroatoms. The molecule has 1 amide bonds. The number of hydrogen-bond donors (Lipinski definition) is 3. The van der Waals surface area contributed by atoms with Crippen LogP contribution in [0.1, 0.15) is 12.0 Å². The van der Waals surface area contributed by atoms with Crippen LogP contribution in [0.15, 0.2) is 30.5 Å². The number of aromatic amines is 1.